The molecule has 0 bridgehead atoms. The highest BCUT2D eigenvalue weighted by Gasteiger charge is 2.21. The van der Waals surface area contributed by atoms with Crippen LogP contribution in [0.25, 0.3) is 5.65 Å². The topological polar surface area (TPSA) is 76.4 Å². The van der Waals surface area contributed by atoms with Crippen molar-refractivity contribution in [2.75, 3.05) is 4.72 Å². The van der Waals surface area contributed by atoms with Gasteiger partial charge in [-0.15, -0.1) is 10.2 Å². The summed E-state index contributed by atoms with van der Waals surface area (Å²) in [5, 5.41) is 7.48. The van der Waals surface area contributed by atoms with Crippen LogP contribution in [0.1, 0.15) is 5.56 Å². The van der Waals surface area contributed by atoms with Gasteiger partial charge in [0.2, 0.25) is 5.95 Å². The first-order chi connectivity index (χ1) is 10.4. The number of aromatic nitrogens is 3. The van der Waals surface area contributed by atoms with E-state index in [0.717, 1.165) is 23.8 Å². The van der Waals surface area contributed by atoms with E-state index in [9.17, 15) is 12.8 Å². The lowest BCUT2D eigenvalue weighted by Crippen LogP contribution is -2.15. The van der Waals surface area contributed by atoms with Gasteiger partial charge in [0.25, 0.3) is 10.0 Å². The first-order valence-corrected chi connectivity index (χ1v) is 8.02. The molecule has 0 radical (unpaired) electrons. The van der Waals surface area contributed by atoms with Gasteiger partial charge in [0, 0.05) is 6.20 Å². The third-order valence-electron chi connectivity index (χ3n) is 2.97. The van der Waals surface area contributed by atoms with Gasteiger partial charge < -0.3 is 0 Å². The number of hydrogen-bond acceptors (Lipinski definition) is 4. The number of rotatable bonds is 3. The summed E-state index contributed by atoms with van der Waals surface area (Å²) in [5.74, 6) is -0.595. The van der Waals surface area contributed by atoms with E-state index >= 15 is 0 Å². The number of anilines is 1. The number of nitrogens with zero attached hydrogens (tertiary/aromatic N) is 3. The predicted molar refractivity (Wildman–Crippen MR) is 79.9 cm³/mol. The zero-order chi connectivity index (χ0) is 15.9. The first-order valence-electron chi connectivity index (χ1n) is 6.16. The van der Waals surface area contributed by atoms with E-state index in [2.05, 4.69) is 14.9 Å². The fourth-order valence-electron chi connectivity index (χ4n) is 1.93. The number of hydrogen-bond donors (Lipinski definition) is 1. The van der Waals surface area contributed by atoms with Gasteiger partial charge in [-0.2, -0.15) is 0 Å². The number of fused-ring (bicyclic) bond motifs is 1. The predicted octanol–water partition coefficient (Wildman–Crippen LogP) is 2.63. The van der Waals surface area contributed by atoms with Crippen molar-refractivity contribution in [3.8, 4) is 0 Å². The van der Waals surface area contributed by atoms with E-state index in [-0.39, 0.29) is 15.9 Å². The molecule has 0 saturated carbocycles. The molecule has 1 N–H and O–H groups in total. The van der Waals surface area contributed by atoms with Gasteiger partial charge >= 0.3 is 0 Å². The van der Waals surface area contributed by atoms with Crippen LogP contribution in [-0.4, -0.2) is 23.0 Å². The monoisotopic (exact) mass is 340 g/mol. The normalized spacial score (nSPS) is 11.8. The lowest BCUT2D eigenvalue weighted by molar-refractivity contribution is 0.599. The Morgan fingerprint density at radius 2 is 2.00 bits per heavy atom. The third-order valence-corrected chi connectivity index (χ3v) is 4.79. The Morgan fingerprint density at radius 1 is 1.23 bits per heavy atom. The second-order valence-electron chi connectivity index (χ2n) is 4.64. The highest BCUT2D eigenvalue weighted by Crippen LogP contribution is 2.24. The van der Waals surface area contributed by atoms with Crippen molar-refractivity contribution in [2.45, 2.75) is 11.8 Å². The smallest absolute Gasteiger partial charge is 0.265 e. The minimum absolute atomic E-state index is 0.0235. The maximum Gasteiger partial charge on any atom is 0.265 e. The molecule has 0 spiro atoms. The SMILES string of the molecule is Cc1ccn2c(NS(=O)(=O)c3ccc(F)cc3Cl)nnc2c1. The van der Waals surface area contributed by atoms with Gasteiger partial charge in [-0.3, -0.25) is 4.40 Å². The second-order valence-corrected chi connectivity index (χ2v) is 6.69. The van der Waals surface area contributed by atoms with Crippen molar-refractivity contribution in [1.82, 2.24) is 14.6 Å². The molecule has 3 rings (SSSR count). The Kier molecular flexibility index (Phi) is 3.50. The van der Waals surface area contributed by atoms with E-state index < -0.39 is 15.8 Å². The molecule has 9 heteroatoms. The molecule has 2 aromatic heterocycles. The molecular formula is C13H10ClFN4O2S. The Morgan fingerprint density at radius 3 is 2.73 bits per heavy atom. The van der Waals surface area contributed by atoms with Crippen LogP contribution in [0, 0.1) is 12.7 Å². The van der Waals surface area contributed by atoms with Crippen molar-refractivity contribution in [1.29, 1.82) is 0 Å². The van der Waals surface area contributed by atoms with Crippen molar-refractivity contribution < 1.29 is 12.8 Å². The molecule has 0 atom stereocenters. The van der Waals surface area contributed by atoms with Crippen molar-refractivity contribution in [3.63, 3.8) is 0 Å². The van der Waals surface area contributed by atoms with Gasteiger partial charge in [0.05, 0.1) is 5.02 Å². The van der Waals surface area contributed by atoms with Crippen LogP contribution in [0.4, 0.5) is 10.3 Å². The van der Waals surface area contributed by atoms with Crippen LogP contribution in [0.2, 0.25) is 5.02 Å². The molecule has 0 unspecified atom stereocenters. The summed E-state index contributed by atoms with van der Waals surface area (Å²) in [5.41, 5.74) is 1.47. The maximum atomic E-state index is 13.0. The van der Waals surface area contributed by atoms with Crippen molar-refractivity contribution in [3.05, 3.63) is 52.9 Å². The largest absolute Gasteiger partial charge is 0.268 e. The summed E-state index contributed by atoms with van der Waals surface area (Å²) >= 11 is 5.79. The summed E-state index contributed by atoms with van der Waals surface area (Å²) < 4.78 is 41.5. The Labute approximate surface area is 130 Å². The molecule has 0 saturated heterocycles. The molecule has 0 aliphatic carbocycles. The molecule has 1 aromatic carbocycles. The van der Waals surface area contributed by atoms with Crippen LogP contribution in [0.5, 0.6) is 0 Å². The molecule has 0 aliphatic heterocycles. The number of benzene rings is 1. The Hall–Kier alpha value is -2.19. The average Bonchev–Trinajstić information content (AvgIpc) is 2.79. The van der Waals surface area contributed by atoms with Crippen LogP contribution in [0.3, 0.4) is 0 Å². The summed E-state index contributed by atoms with van der Waals surface area (Å²) in [6, 6.07) is 6.59. The highest BCUT2D eigenvalue weighted by atomic mass is 35.5. The van der Waals surface area contributed by atoms with Gasteiger partial charge in [-0.1, -0.05) is 11.6 Å². The highest BCUT2D eigenvalue weighted by molar-refractivity contribution is 7.92. The summed E-state index contributed by atoms with van der Waals surface area (Å²) in [4.78, 5) is -0.237. The molecule has 2 heterocycles. The zero-order valence-corrected chi connectivity index (χ0v) is 12.9. The molecule has 114 valence electrons. The lowest BCUT2D eigenvalue weighted by Gasteiger charge is -2.08. The van der Waals surface area contributed by atoms with Crippen LogP contribution < -0.4 is 4.72 Å². The number of nitrogens with one attached hydrogen (secondary N) is 1. The number of sulfonamides is 1. The third kappa shape index (κ3) is 2.62. The molecule has 0 amide bonds. The van der Waals surface area contributed by atoms with Gasteiger partial charge in [0.15, 0.2) is 5.65 Å². The fraction of sp³-hybridized carbons (Fsp3) is 0.0769. The van der Waals surface area contributed by atoms with Crippen molar-refractivity contribution >= 4 is 33.2 Å². The van der Waals surface area contributed by atoms with Crippen LogP contribution >= 0.6 is 11.6 Å². The summed E-state index contributed by atoms with van der Waals surface area (Å²) in [7, 11) is -4.00. The van der Waals surface area contributed by atoms with E-state index in [1.807, 2.05) is 6.92 Å². The average molecular weight is 341 g/mol. The number of halogens is 2. The quantitative estimate of drug-likeness (QED) is 0.795. The molecule has 0 aliphatic rings. The van der Waals surface area contributed by atoms with E-state index in [1.165, 1.54) is 4.40 Å². The number of pyridine rings is 1. The Balaban J connectivity index is 2.03. The van der Waals surface area contributed by atoms with Gasteiger partial charge in [-0.25, -0.2) is 17.5 Å². The minimum Gasteiger partial charge on any atom is -0.268 e. The molecule has 6 nitrogen and oxygen atoms in total. The van der Waals surface area contributed by atoms with Gasteiger partial charge in [0.1, 0.15) is 10.7 Å². The first kappa shape index (κ1) is 14.7. The molecular weight excluding hydrogens is 331 g/mol. The van der Waals surface area contributed by atoms with E-state index in [4.69, 9.17) is 11.6 Å². The van der Waals surface area contributed by atoms with Gasteiger partial charge in [-0.05, 0) is 42.8 Å². The number of aryl methyl sites for hydroxylation is 1. The van der Waals surface area contributed by atoms with E-state index in [0.29, 0.717) is 5.65 Å². The lowest BCUT2D eigenvalue weighted by atomic mass is 10.3. The fourth-order valence-corrected chi connectivity index (χ4v) is 3.45. The summed E-state index contributed by atoms with van der Waals surface area (Å²) in [6.07, 6.45) is 1.65. The van der Waals surface area contributed by atoms with E-state index in [1.54, 1.807) is 18.3 Å². The maximum absolute atomic E-state index is 13.0. The minimum atomic E-state index is -4.00. The zero-order valence-electron chi connectivity index (χ0n) is 11.3. The molecule has 22 heavy (non-hydrogen) atoms. The summed E-state index contributed by atoms with van der Waals surface area (Å²) in [6.45, 7) is 1.89. The molecule has 0 fully saturated rings. The van der Waals surface area contributed by atoms with Crippen molar-refractivity contribution in [2.24, 2.45) is 0 Å². The van der Waals surface area contributed by atoms with Crippen LogP contribution in [0.15, 0.2) is 41.4 Å². The standard InChI is InChI=1S/C13H10ClFN4O2S/c1-8-4-5-19-12(6-8)16-17-13(19)18-22(20,21)11-3-2-9(15)7-10(11)14/h2-7H,1H3,(H,17,18). The Bertz CT molecular complexity index is 971. The second kappa shape index (κ2) is 5.22. The molecule has 3 aromatic rings. The van der Waals surface area contributed by atoms with Crippen LogP contribution in [-0.2, 0) is 10.0 Å².